The van der Waals surface area contributed by atoms with Gasteiger partial charge in [-0.05, 0) is 31.3 Å². The van der Waals surface area contributed by atoms with Crippen molar-refractivity contribution in [2.24, 2.45) is 0 Å². The summed E-state index contributed by atoms with van der Waals surface area (Å²) in [4.78, 5) is 11.9. The predicted octanol–water partition coefficient (Wildman–Crippen LogP) is 3.69. The lowest BCUT2D eigenvalue weighted by molar-refractivity contribution is -0.113. The van der Waals surface area contributed by atoms with Crippen molar-refractivity contribution in [3.8, 4) is 5.69 Å². The number of nitrogens with one attached hydrogen (secondary N) is 1. The number of nitrogens with zero attached hydrogens (tertiary/aromatic N) is 3. The Labute approximate surface area is 145 Å². The van der Waals surface area contributed by atoms with E-state index < -0.39 is 0 Å². The molecule has 1 amide bonds. The van der Waals surface area contributed by atoms with E-state index in [4.69, 9.17) is 16.7 Å². The van der Waals surface area contributed by atoms with E-state index in [1.54, 1.807) is 17.7 Å². The van der Waals surface area contributed by atoms with Crippen molar-refractivity contribution in [1.82, 2.24) is 14.9 Å². The number of aryl methyl sites for hydroxylation is 1. The highest BCUT2D eigenvalue weighted by atomic mass is 32.2. The fourth-order valence-electron chi connectivity index (χ4n) is 1.77. The SMILES string of the molecule is Cc1cc(NC(=O)CSc2nn(-c3ccccc3)c(=S)s2)on1. The van der Waals surface area contributed by atoms with Crippen molar-refractivity contribution in [3.63, 3.8) is 0 Å². The number of anilines is 1. The van der Waals surface area contributed by atoms with E-state index in [0.717, 1.165) is 10.0 Å². The van der Waals surface area contributed by atoms with Crippen LogP contribution in [0.4, 0.5) is 5.88 Å². The largest absolute Gasteiger partial charge is 0.338 e. The zero-order valence-electron chi connectivity index (χ0n) is 12.1. The Balaban J connectivity index is 1.63. The first-order valence-corrected chi connectivity index (χ1v) is 8.84. The molecule has 0 bridgehead atoms. The summed E-state index contributed by atoms with van der Waals surface area (Å²) in [6.07, 6.45) is 0. The highest BCUT2D eigenvalue weighted by Crippen LogP contribution is 2.24. The van der Waals surface area contributed by atoms with E-state index in [0.29, 0.717) is 15.5 Å². The van der Waals surface area contributed by atoms with Crippen LogP contribution in [0.5, 0.6) is 0 Å². The number of carbonyl (C=O) groups is 1. The zero-order chi connectivity index (χ0) is 16.2. The van der Waals surface area contributed by atoms with Gasteiger partial charge in [0.1, 0.15) is 0 Å². The minimum Gasteiger partial charge on any atom is -0.338 e. The maximum absolute atomic E-state index is 11.9. The molecular formula is C14H12N4O2S3. The second-order valence-corrected chi connectivity index (χ2v) is 7.40. The third kappa shape index (κ3) is 4.06. The van der Waals surface area contributed by atoms with E-state index in [1.807, 2.05) is 30.3 Å². The van der Waals surface area contributed by atoms with Gasteiger partial charge < -0.3 is 4.52 Å². The number of hydrogen-bond acceptors (Lipinski definition) is 7. The number of benzene rings is 1. The van der Waals surface area contributed by atoms with E-state index in [9.17, 15) is 4.79 Å². The van der Waals surface area contributed by atoms with Gasteiger partial charge >= 0.3 is 0 Å². The molecule has 0 atom stereocenters. The van der Waals surface area contributed by atoms with Crippen molar-refractivity contribution in [3.05, 3.63) is 46.0 Å². The molecule has 0 unspecified atom stereocenters. The molecule has 2 heterocycles. The second kappa shape index (κ2) is 7.07. The maximum atomic E-state index is 11.9. The highest BCUT2D eigenvalue weighted by molar-refractivity contribution is 8.01. The normalized spacial score (nSPS) is 10.7. The smallest absolute Gasteiger partial charge is 0.237 e. The van der Waals surface area contributed by atoms with Gasteiger partial charge in [0.2, 0.25) is 11.8 Å². The lowest BCUT2D eigenvalue weighted by Crippen LogP contribution is -2.13. The molecule has 0 spiro atoms. The summed E-state index contributed by atoms with van der Waals surface area (Å²) in [5, 5.41) is 10.8. The zero-order valence-corrected chi connectivity index (χ0v) is 14.5. The van der Waals surface area contributed by atoms with E-state index >= 15 is 0 Å². The molecule has 2 aromatic heterocycles. The molecule has 3 aromatic rings. The van der Waals surface area contributed by atoms with Crippen LogP contribution in [0, 0.1) is 10.9 Å². The Kier molecular flexibility index (Phi) is 4.89. The molecule has 0 fully saturated rings. The average Bonchev–Trinajstić information content (AvgIpc) is 3.12. The van der Waals surface area contributed by atoms with Crippen molar-refractivity contribution in [1.29, 1.82) is 0 Å². The molecule has 118 valence electrons. The van der Waals surface area contributed by atoms with Gasteiger partial charge in [-0.2, -0.15) is 0 Å². The highest BCUT2D eigenvalue weighted by Gasteiger charge is 2.11. The molecule has 1 aromatic carbocycles. The summed E-state index contributed by atoms with van der Waals surface area (Å²) in [6, 6.07) is 11.3. The van der Waals surface area contributed by atoms with E-state index in [1.165, 1.54) is 23.1 Å². The lowest BCUT2D eigenvalue weighted by atomic mass is 10.3. The number of hydrogen-bond donors (Lipinski definition) is 1. The van der Waals surface area contributed by atoms with Crippen LogP contribution in [-0.2, 0) is 4.79 Å². The first kappa shape index (κ1) is 15.9. The van der Waals surface area contributed by atoms with Crippen LogP contribution >= 0.6 is 35.3 Å². The van der Waals surface area contributed by atoms with E-state index in [-0.39, 0.29) is 11.7 Å². The fraction of sp³-hybridized carbons (Fsp3) is 0.143. The Bertz CT molecular complexity index is 870. The summed E-state index contributed by atoms with van der Waals surface area (Å²) in [6.45, 7) is 1.79. The number of carbonyl (C=O) groups excluding carboxylic acids is 1. The molecule has 0 saturated carbocycles. The number of aromatic nitrogens is 3. The lowest BCUT2D eigenvalue weighted by Gasteiger charge is -2.00. The van der Waals surface area contributed by atoms with Gasteiger partial charge in [-0.1, -0.05) is 46.5 Å². The number of rotatable bonds is 5. The van der Waals surface area contributed by atoms with Crippen LogP contribution in [0.1, 0.15) is 5.69 Å². The fourth-order valence-corrected chi connectivity index (χ4v) is 3.94. The number of para-hydroxylation sites is 1. The molecule has 0 saturated heterocycles. The van der Waals surface area contributed by atoms with Gasteiger partial charge in [-0.25, -0.2) is 4.68 Å². The molecule has 23 heavy (non-hydrogen) atoms. The van der Waals surface area contributed by atoms with Crippen LogP contribution < -0.4 is 5.32 Å². The molecule has 3 rings (SSSR count). The third-order valence-electron chi connectivity index (χ3n) is 2.75. The van der Waals surface area contributed by atoms with Crippen LogP contribution in [-0.4, -0.2) is 26.6 Å². The summed E-state index contributed by atoms with van der Waals surface area (Å²) in [7, 11) is 0. The standard InChI is InChI=1S/C14H12N4O2S3/c1-9-7-12(20-17-9)15-11(19)8-22-13-16-18(14(21)23-13)10-5-3-2-4-6-10/h2-7H,8H2,1H3,(H,15,19). The number of thioether (sulfide) groups is 1. The monoisotopic (exact) mass is 364 g/mol. The molecule has 6 nitrogen and oxygen atoms in total. The van der Waals surface area contributed by atoms with Crippen LogP contribution in [0.25, 0.3) is 5.69 Å². The van der Waals surface area contributed by atoms with Crippen LogP contribution in [0.3, 0.4) is 0 Å². The Hall–Kier alpha value is -1.97. The molecule has 1 N–H and O–H groups in total. The summed E-state index contributed by atoms with van der Waals surface area (Å²) < 4.78 is 8.02. The van der Waals surface area contributed by atoms with Gasteiger partial charge in [-0.3, -0.25) is 10.1 Å². The topological polar surface area (TPSA) is 73.0 Å². The Morgan fingerprint density at radius 3 is 2.91 bits per heavy atom. The first-order chi connectivity index (χ1) is 11.1. The summed E-state index contributed by atoms with van der Waals surface area (Å²) >= 11 is 8.03. The average molecular weight is 364 g/mol. The Morgan fingerprint density at radius 1 is 1.43 bits per heavy atom. The quantitative estimate of drug-likeness (QED) is 0.550. The molecule has 0 aliphatic heterocycles. The van der Waals surface area contributed by atoms with Crippen molar-refractivity contribution in [2.75, 3.05) is 11.1 Å². The molecular weight excluding hydrogens is 352 g/mol. The van der Waals surface area contributed by atoms with Crippen molar-refractivity contribution >= 4 is 47.1 Å². The van der Waals surface area contributed by atoms with Crippen molar-refractivity contribution < 1.29 is 9.32 Å². The second-order valence-electron chi connectivity index (χ2n) is 4.55. The van der Waals surface area contributed by atoms with Gasteiger partial charge in [0.15, 0.2) is 8.29 Å². The molecule has 0 radical (unpaired) electrons. The molecule has 0 aliphatic rings. The summed E-state index contributed by atoms with van der Waals surface area (Å²) in [5.74, 6) is 0.380. The minimum atomic E-state index is -0.182. The first-order valence-electron chi connectivity index (χ1n) is 6.63. The summed E-state index contributed by atoms with van der Waals surface area (Å²) in [5.41, 5.74) is 1.62. The van der Waals surface area contributed by atoms with Gasteiger partial charge in [-0.15, -0.1) is 5.10 Å². The van der Waals surface area contributed by atoms with Gasteiger partial charge in [0, 0.05) is 6.07 Å². The third-order valence-corrected chi connectivity index (χ3v) is 5.11. The Morgan fingerprint density at radius 2 is 2.22 bits per heavy atom. The van der Waals surface area contributed by atoms with Crippen molar-refractivity contribution in [2.45, 2.75) is 11.3 Å². The van der Waals surface area contributed by atoms with E-state index in [2.05, 4.69) is 15.6 Å². The van der Waals surface area contributed by atoms with Gasteiger partial charge in [0.25, 0.3) is 0 Å². The predicted molar refractivity (Wildman–Crippen MR) is 92.9 cm³/mol. The molecule has 0 aliphatic carbocycles. The van der Waals surface area contributed by atoms with Gasteiger partial charge in [0.05, 0.1) is 17.1 Å². The number of amides is 1. The van der Waals surface area contributed by atoms with Crippen LogP contribution in [0.15, 0.2) is 45.3 Å². The minimum absolute atomic E-state index is 0.182. The maximum Gasteiger partial charge on any atom is 0.237 e. The van der Waals surface area contributed by atoms with Crippen LogP contribution in [0.2, 0.25) is 0 Å². The molecule has 9 heteroatoms.